The third-order valence-corrected chi connectivity index (χ3v) is 4.02. The van der Waals surface area contributed by atoms with Gasteiger partial charge in [0, 0.05) is 12.6 Å². The zero-order valence-electron chi connectivity index (χ0n) is 14.1. The fraction of sp³-hybridized carbons (Fsp3) is 0.529. The van der Waals surface area contributed by atoms with Gasteiger partial charge in [-0.25, -0.2) is 0 Å². The van der Waals surface area contributed by atoms with Crippen LogP contribution in [0.3, 0.4) is 0 Å². The summed E-state index contributed by atoms with van der Waals surface area (Å²) in [5.41, 5.74) is -0.236. The van der Waals surface area contributed by atoms with Crippen molar-refractivity contribution >= 4 is 11.8 Å². The molecule has 1 aliphatic heterocycles. The molecule has 2 amide bonds. The molecule has 0 spiro atoms. The number of carbonyl (C=O) groups excluding carboxylic acids is 2. The molecule has 0 fully saturated rings. The number of hydrogen-bond donors (Lipinski definition) is 2. The molecule has 1 aromatic rings. The lowest BCUT2D eigenvalue weighted by atomic mass is 9.90. The van der Waals surface area contributed by atoms with E-state index in [-0.39, 0.29) is 24.6 Å². The van der Waals surface area contributed by atoms with Gasteiger partial charge >= 0.3 is 0 Å². The van der Waals surface area contributed by atoms with Gasteiger partial charge in [-0.05, 0) is 44.9 Å². The Balaban J connectivity index is 1.94. The number of carbonyl (C=O) groups is 2. The predicted molar refractivity (Wildman–Crippen MR) is 86.1 cm³/mol. The van der Waals surface area contributed by atoms with E-state index in [1.165, 1.54) is 0 Å². The highest BCUT2D eigenvalue weighted by Gasteiger charge is 2.36. The maximum atomic E-state index is 12.4. The van der Waals surface area contributed by atoms with Gasteiger partial charge in [0.25, 0.3) is 0 Å². The van der Waals surface area contributed by atoms with E-state index >= 15 is 0 Å². The fourth-order valence-corrected chi connectivity index (χ4v) is 2.06. The lowest BCUT2D eigenvalue weighted by Crippen LogP contribution is -2.49. The molecule has 2 N–H and O–H groups in total. The van der Waals surface area contributed by atoms with Gasteiger partial charge in [0.1, 0.15) is 5.41 Å². The summed E-state index contributed by atoms with van der Waals surface area (Å²) in [5.74, 6) is 0.796. The van der Waals surface area contributed by atoms with Gasteiger partial charge in [-0.1, -0.05) is 13.0 Å². The van der Waals surface area contributed by atoms with Crippen molar-refractivity contribution in [2.45, 2.75) is 46.7 Å². The van der Waals surface area contributed by atoms with Crippen molar-refractivity contribution in [1.29, 1.82) is 0 Å². The molecule has 2 rings (SSSR count). The number of hydrogen-bond acceptors (Lipinski definition) is 4. The largest absolute Gasteiger partial charge is 0.454 e. The fourth-order valence-electron chi connectivity index (χ4n) is 2.06. The lowest BCUT2D eigenvalue weighted by Gasteiger charge is -2.24. The van der Waals surface area contributed by atoms with Crippen LogP contribution in [-0.2, 0) is 16.1 Å². The maximum absolute atomic E-state index is 12.4. The van der Waals surface area contributed by atoms with Gasteiger partial charge < -0.3 is 20.1 Å². The number of ether oxygens (including phenoxy) is 2. The Hall–Kier alpha value is -2.24. The summed E-state index contributed by atoms with van der Waals surface area (Å²) in [6.07, 6.45) is 0.820. The van der Waals surface area contributed by atoms with Gasteiger partial charge in [0.2, 0.25) is 18.6 Å². The zero-order valence-corrected chi connectivity index (χ0v) is 14.1. The molecule has 0 saturated carbocycles. The summed E-state index contributed by atoms with van der Waals surface area (Å²) in [4.78, 5) is 24.6. The Morgan fingerprint density at radius 3 is 2.61 bits per heavy atom. The van der Waals surface area contributed by atoms with E-state index in [0.717, 1.165) is 12.0 Å². The van der Waals surface area contributed by atoms with Crippen molar-refractivity contribution in [3.05, 3.63) is 23.8 Å². The molecule has 0 aliphatic carbocycles. The van der Waals surface area contributed by atoms with Crippen molar-refractivity contribution in [2.24, 2.45) is 5.41 Å². The van der Waals surface area contributed by atoms with Crippen LogP contribution in [-0.4, -0.2) is 24.6 Å². The van der Waals surface area contributed by atoms with Crippen molar-refractivity contribution in [3.63, 3.8) is 0 Å². The van der Waals surface area contributed by atoms with Gasteiger partial charge in [0.05, 0.1) is 0 Å². The van der Waals surface area contributed by atoms with Crippen LogP contribution in [0.15, 0.2) is 18.2 Å². The summed E-state index contributed by atoms with van der Waals surface area (Å²) in [6, 6.07) is 5.54. The Morgan fingerprint density at radius 2 is 1.91 bits per heavy atom. The second-order valence-electron chi connectivity index (χ2n) is 6.28. The van der Waals surface area contributed by atoms with Crippen molar-refractivity contribution in [1.82, 2.24) is 10.6 Å². The van der Waals surface area contributed by atoms with Crippen LogP contribution < -0.4 is 20.1 Å². The highest BCUT2D eigenvalue weighted by molar-refractivity contribution is 6.04. The first kappa shape index (κ1) is 17.1. The van der Waals surface area contributed by atoms with Crippen LogP contribution >= 0.6 is 0 Å². The molecule has 1 aromatic carbocycles. The molecular weight excluding hydrogens is 296 g/mol. The minimum atomic E-state index is -1.13. The summed E-state index contributed by atoms with van der Waals surface area (Å²) < 4.78 is 10.6. The highest BCUT2D eigenvalue weighted by atomic mass is 16.7. The van der Waals surface area contributed by atoms with E-state index in [2.05, 4.69) is 10.6 Å². The quantitative estimate of drug-likeness (QED) is 0.786. The molecule has 1 unspecified atom stereocenters. The second-order valence-corrected chi connectivity index (χ2v) is 6.28. The first-order chi connectivity index (χ1) is 10.8. The SMILES string of the molecule is CCC(C)NC(=O)C(C)(C)C(=O)NCc1ccc2c(c1)OCO2. The van der Waals surface area contributed by atoms with Crippen LogP contribution in [0.5, 0.6) is 11.5 Å². The number of rotatable bonds is 6. The highest BCUT2D eigenvalue weighted by Crippen LogP contribution is 2.32. The third kappa shape index (κ3) is 3.94. The molecule has 126 valence electrons. The molecule has 0 bridgehead atoms. The first-order valence-electron chi connectivity index (χ1n) is 7.82. The summed E-state index contributed by atoms with van der Waals surface area (Å²) in [6.45, 7) is 7.69. The van der Waals surface area contributed by atoms with E-state index in [0.29, 0.717) is 18.0 Å². The molecule has 6 nitrogen and oxygen atoms in total. The van der Waals surface area contributed by atoms with E-state index < -0.39 is 5.41 Å². The standard InChI is InChI=1S/C17H24N2O4/c1-5-11(2)19-16(21)17(3,4)15(20)18-9-12-6-7-13-14(8-12)23-10-22-13/h6-8,11H,5,9-10H2,1-4H3,(H,18,20)(H,19,21). The lowest BCUT2D eigenvalue weighted by molar-refractivity contribution is -0.141. The smallest absolute Gasteiger partial charge is 0.235 e. The normalized spacial score (nSPS) is 14.3. The van der Waals surface area contributed by atoms with E-state index in [1.807, 2.05) is 32.0 Å². The second kappa shape index (κ2) is 6.89. The average molecular weight is 320 g/mol. The van der Waals surface area contributed by atoms with Crippen molar-refractivity contribution in [2.75, 3.05) is 6.79 Å². The number of amides is 2. The molecule has 0 radical (unpaired) electrons. The van der Waals surface area contributed by atoms with E-state index in [4.69, 9.17) is 9.47 Å². The molecule has 1 atom stereocenters. The van der Waals surface area contributed by atoms with Gasteiger partial charge in [-0.3, -0.25) is 9.59 Å². The number of nitrogens with one attached hydrogen (secondary N) is 2. The molecule has 6 heteroatoms. The summed E-state index contributed by atoms with van der Waals surface area (Å²) in [7, 11) is 0. The number of fused-ring (bicyclic) bond motifs is 1. The number of benzene rings is 1. The maximum Gasteiger partial charge on any atom is 0.235 e. The first-order valence-corrected chi connectivity index (χ1v) is 7.82. The third-order valence-electron chi connectivity index (χ3n) is 4.02. The van der Waals surface area contributed by atoms with Gasteiger partial charge in [0.15, 0.2) is 11.5 Å². The average Bonchev–Trinajstić information content (AvgIpc) is 2.99. The molecule has 1 aliphatic rings. The molecule has 1 heterocycles. The van der Waals surface area contributed by atoms with Crippen molar-refractivity contribution < 1.29 is 19.1 Å². The van der Waals surface area contributed by atoms with Gasteiger partial charge in [-0.2, -0.15) is 0 Å². The van der Waals surface area contributed by atoms with Crippen LogP contribution in [0.4, 0.5) is 0 Å². The van der Waals surface area contributed by atoms with Crippen LogP contribution in [0.2, 0.25) is 0 Å². The van der Waals surface area contributed by atoms with Crippen LogP contribution in [0, 0.1) is 5.41 Å². The van der Waals surface area contributed by atoms with Crippen LogP contribution in [0.25, 0.3) is 0 Å². The topological polar surface area (TPSA) is 76.7 Å². The zero-order chi connectivity index (χ0) is 17.0. The Kier molecular flexibility index (Phi) is 5.13. The predicted octanol–water partition coefficient (Wildman–Crippen LogP) is 1.97. The van der Waals surface area contributed by atoms with E-state index in [9.17, 15) is 9.59 Å². The molecule has 0 aromatic heterocycles. The minimum absolute atomic E-state index is 0.0448. The Bertz CT molecular complexity index is 598. The Labute approximate surface area is 136 Å². The summed E-state index contributed by atoms with van der Waals surface area (Å²) in [5, 5.41) is 5.65. The van der Waals surface area contributed by atoms with Gasteiger partial charge in [-0.15, -0.1) is 0 Å². The molecular formula is C17H24N2O4. The minimum Gasteiger partial charge on any atom is -0.454 e. The van der Waals surface area contributed by atoms with Crippen molar-refractivity contribution in [3.8, 4) is 11.5 Å². The van der Waals surface area contributed by atoms with E-state index in [1.54, 1.807) is 13.8 Å². The van der Waals surface area contributed by atoms with Crippen LogP contribution in [0.1, 0.15) is 39.7 Å². The molecule has 0 saturated heterocycles. The Morgan fingerprint density at radius 1 is 1.22 bits per heavy atom. The monoisotopic (exact) mass is 320 g/mol. The molecule has 23 heavy (non-hydrogen) atoms. The summed E-state index contributed by atoms with van der Waals surface area (Å²) >= 11 is 0.